The van der Waals surface area contributed by atoms with Crippen molar-refractivity contribution in [2.75, 3.05) is 165 Å². The van der Waals surface area contributed by atoms with E-state index in [0.717, 1.165) is 25.3 Å². The lowest BCUT2D eigenvalue weighted by Crippen LogP contribution is -2.48. The molecule has 50 heavy (non-hydrogen) atoms. The second-order valence-electron chi connectivity index (χ2n) is 10.6. The van der Waals surface area contributed by atoms with Crippen LogP contribution in [0.4, 0.5) is 4.79 Å². The largest absolute Gasteiger partial charge is 0.465 e. The minimum Gasteiger partial charge on any atom is -0.465 e. The van der Waals surface area contributed by atoms with Crippen molar-refractivity contribution in [2.24, 2.45) is 5.11 Å². The predicted molar refractivity (Wildman–Crippen MR) is 177 cm³/mol. The molecule has 20 nitrogen and oxygen atoms in total. The third-order valence-corrected chi connectivity index (χ3v) is 6.87. The zero-order chi connectivity index (χ0) is 35.6. The van der Waals surface area contributed by atoms with Crippen molar-refractivity contribution in [2.45, 2.75) is 13.2 Å². The number of hydrogen-bond acceptors (Lipinski definition) is 15. The summed E-state index contributed by atoms with van der Waals surface area (Å²) >= 11 is 0. The van der Waals surface area contributed by atoms with E-state index in [0.29, 0.717) is 158 Å². The summed E-state index contributed by atoms with van der Waals surface area (Å²) in [6.07, 6.45) is 0.982. The van der Waals surface area contributed by atoms with Gasteiger partial charge >= 0.3 is 6.09 Å². The number of amides is 1. The molecule has 1 aliphatic heterocycles. The van der Waals surface area contributed by atoms with Gasteiger partial charge in [-0.3, -0.25) is 4.90 Å². The van der Waals surface area contributed by atoms with E-state index < -0.39 is 6.09 Å². The quantitative estimate of drug-likeness (QED) is 0.0439. The monoisotopic (exact) mass is 720 g/mol. The Kier molecular flexibility index (Phi) is 28.0. The van der Waals surface area contributed by atoms with Gasteiger partial charge in [-0.05, 0) is 5.53 Å². The van der Waals surface area contributed by atoms with Crippen molar-refractivity contribution < 1.29 is 57.3 Å². The van der Waals surface area contributed by atoms with Gasteiger partial charge in [-0.25, -0.2) is 9.48 Å². The van der Waals surface area contributed by atoms with E-state index in [1.807, 2.05) is 6.20 Å². The molecule has 20 heteroatoms. The smallest absolute Gasteiger partial charge is 0.407 e. The van der Waals surface area contributed by atoms with Crippen molar-refractivity contribution in [3.8, 4) is 0 Å². The van der Waals surface area contributed by atoms with Gasteiger partial charge in [0.25, 0.3) is 0 Å². The summed E-state index contributed by atoms with van der Waals surface area (Å²) in [5.74, 6) is 0. The summed E-state index contributed by atoms with van der Waals surface area (Å²) in [5.41, 5.74) is 8.90. The molecule has 1 amide bonds. The molecule has 2 rings (SSSR count). The molecule has 0 atom stereocenters. The highest BCUT2D eigenvalue weighted by atomic mass is 16.6. The Labute approximate surface area is 293 Å². The molecule has 1 N–H and O–H groups in total. The number of hydrogen-bond donors (Lipinski definition) is 1. The minimum atomic E-state index is -0.860. The van der Waals surface area contributed by atoms with Crippen LogP contribution in [0.3, 0.4) is 0 Å². The molecule has 0 bridgehead atoms. The van der Waals surface area contributed by atoms with Crippen LogP contribution in [-0.2, 0) is 60.5 Å². The van der Waals surface area contributed by atoms with Gasteiger partial charge in [0.2, 0.25) is 0 Å². The average Bonchev–Trinajstić information content (AvgIpc) is 3.58. The van der Waals surface area contributed by atoms with Gasteiger partial charge in [-0.1, -0.05) is 10.3 Å². The lowest BCUT2D eigenvalue weighted by atomic mass is 10.3. The highest BCUT2D eigenvalue weighted by Gasteiger charge is 2.19. The number of nitrogens with zero attached hydrogens (tertiary/aromatic N) is 8. The first-order valence-corrected chi connectivity index (χ1v) is 17.1. The third-order valence-electron chi connectivity index (χ3n) is 6.87. The van der Waals surface area contributed by atoms with Crippen LogP contribution in [0.5, 0.6) is 0 Å². The molecule has 1 fully saturated rings. The van der Waals surface area contributed by atoms with Crippen LogP contribution in [0.15, 0.2) is 11.3 Å². The topological polar surface area (TPSA) is 216 Å². The van der Waals surface area contributed by atoms with Gasteiger partial charge in [0.05, 0.1) is 145 Å². The average molecular weight is 721 g/mol. The van der Waals surface area contributed by atoms with Crippen LogP contribution in [0, 0.1) is 0 Å². The second kappa shape index (κ2) is 32.2. The number of rotatable bonds is 35. The van der Waals surface area contributed by atoms with E-state index in [1.54, 1.807) is 4.68 Å². The van der Waals surface area contributed by atoms with Crippen LogP contribution in [0.25, 0.3) is 10.4 Å². The maximum absolute atomic E-state index is 11.0. The Balaban J connectivity index is 1.21. The lowest BCUT2D eigenvalue weighted by molar-refractivity contribution is -0.0250. The molecule has 2 heterocycles. The third kappa shape index (κ3) is 25.3. The van der Waals surface area contributed by atoms with E-state index in [2.05, 4.69) is 25.2 Å². The summed E-state index contributed by atoms with van der Waals surface area (Å²) in [7, 11) is 0. The molecular formula is C30H56N8O12. The summed E-state index contributed by atoms with van der Waals surface area (Å²) in [6.45, 7) is 13.6. The van der Waals surface area contributed by atoms with Crippen LogP contribution < -0.4 is 0 Å². The molecule has 288 valence electrons. The summed E-state index contributed by atoms with van der Waals surface area (Å²) in [6, 6.07) is 0. The number of carboxylic acid groups (broad SMARTS) is 1. The Morgan fingerprint density at radius 1 is 0.640 bits per heavy atom. The molecule has 1 aromatic heterocycles. The Morgan fingerprint density at radius 2 is 1.06 bits per heavy atom. The molecule has 1 aliphatic rings. The Morgan fingerprint density at radius 3 is 1.50 bits per heavy atom. The first-order valence-electron chi connectivity index (χ1n) is 17.1. The van der Waals surface area contributed by atoms with E-state index in [-0.39, 0.29) is 0 Å². The maximum Gasteiger partial charge on any atom is 0.407 e. The van der Waals surface area contributed by atoms with Gasteiger partial charge in [-0.15, -0.1) is 5.10 Å². The molecule has 0 saturated carbocycles. The number of piperazine rings is 1. The van der Waals surface area contributed by atoms with Gasteiger partial charge in [0, 0.05) is 44.2 Å². The fourth-order valence-corrected chi connectivity index (χ4v) is 4.22. The molecule has 0 spiro atoms. The Hall–Kier alpha value is -2.72. The van der Waals surface area contributed by atoms with Crippen LogP contribution >= 0.6 is 0 Å². The molecule has 0 aromatic carbocycles. The van der Waals surface area contributed by atoms with Crippen LogP contribution in [0.2, 0.25) is 0 Å². The number of aromatic nitrogens is 3. The normalized spacial score (nSPS) is 13.6. The molecule has 1 aromatic rings. The van der Waals surface area contributed by atoms with Gasteiger partial charge < -0.3 is 57.4 Å². The summed E-state index contributed by atoms with van der Waals surface area (Å²) < 4.78 is 56.4. The highest BCUT2D eigenvalue weighted by molar-refractivity contribution is 5.65. The van der Waals surface area contributed by atoms with Crippen molar-refractivity contribution >= 4 is 6.09 Å². The Bertz CT molecular complexity index is 984. The molecular weight excluding hydrogens is 664 g/mol. The minimum absolute atomic E-state index is 0.322. The number of carbonyl (C=O) groups is 1. The van der Waals surface area contributed by atoms with Crippen molar-refractivity contribution in [1.82, 2.24) is 24.8 Å². The predicted octanol–water partition coefficient (Wildman–Crippen LogP) is 0.550. The van der Waals surface area contributed by atoms with Gasteiger partial charge in [0.1, 0.15) is 5.69 Å². The zero-order valence-electron chi connectivity index (χ0n) is 29.2. The summed E-state index contributed by atoms with van der Waals surface area (Å²) in [4.78, 5) is 17.2. The van der Waals surface area contributed by atoms with Gasteiger partial charge in [-0.2, -0.15) is 0 Å². The van der Waals surface area contributed by atoms with Gasteiger partial charge in [0.15, 0.2) is 0 Å². The molecule has 0 radical (unpaired) electrons. The lowest BCUT2D eigenvalue weighted by Gasteiger charge is -2.32. The van der Waals surface area contributed by atoms with E-state index in [1.165, 1.54) is 4.90 Å². The SMILES string of the molecule is [N-]=[N+]=NCCOCCOCCOCCOCCOCCOCCOCCOCCOCCn1cc(COCCN2CCN(C(=O)O)CC2)nn1. The van der Waals surface area contributed by atoms with E-state index >= 15 is 0 Å². The van der Waals surface area contributed by atoms with Crippen molar-refractivity contribution in [3.63, 3.8) is 0 Å². The van der Waals surface area contributed by atoms with E-state index in [4.69, 9.17) is 58.0 Å². The van der Waals surface area contributed by atoms with Crippen molar-refractivity contribution in [1.29, 1.82) is 0 Å². The second-order valence-corrected chi connectivity index (χ2v) is 10.6. The molecule has 0 aliphatic carbocycles. The summed E-state index contributed by atoms with van der Waals surface area (Å²) in [5, 5.41) is 20.6. The standard InChI is InChI=1S/C30H56N8O12/c31-34-32-1-8-41-11-13-43-15-17-45-19-21-47-23-25-49-26-24-48-22-20-46-18-16-44-14-12-42-10-7-38-27-29(33-35-38)28-50-9-6-36-2-4-37(5-3-36)30(39)40/h27H,1-26,28H2,(H,39,40). The maximum atomic E-state index is 11.0. The first-order chi connectivity index (χ1) is 24.7. The first kappa shape index (κ1) is 43.4. The highest BCUT2D eigenvalue weighted by Crippen LogP contribution is 2.03. The number of azide groups is 1. The van der Waals surface area contributed by atoms with Crippen LogP contribution in [-0.4, -0.2) is 201 Å². The van der Waals surface area contributed by atoms with Crippen molar-refractivity contribution in [3.05, 3.63) is 22.3 Å². The van der Waals surface area contributed by atoms with E-state index in [9.17, 15) is 4.79 Å². The fraction of sp³-hybridized carbons (Fsp3) is 0.900. The zero-order valence-corrected chi connectivity index (χ0v) is 29.2. The number of ether oxygens (including phenoxy) is 10. The molecule has 1 saturated heterocycles. The van der Waals surface area contributed by atoms with Crippen LogP contribution in [0.1, 0.15) is 5.69 Å². The molecule has 0 unspecified atom stereocenters. The fourth-order valence-electron chi connectivity index (χ4n) is 4.22.